The van der Waals surface area contributed by atoms with Crippen molar-refractivity contribution in [1.82, 2.24) is 10.6 Å². The van der Waals surface area contributed by atoms with Crippen molar-refractivity contribution in [3.8, 4) is 0 Å². The Kier molecular flexibility index (Phi) is 6.40. The summed E-state index contributed by atoms with van der Waals surface area (Å²) in [4.78, 5) is 12.1. The summed E-state index contributed by atoms with van der Waals surface area (Å²) < 4.78 is 0. The molecule has 1 aromatic carbocycles. The van der Waals surface area contributed by atoms with Crippen LogP contribution in [0.15, 0.2) is 18.2 Å². The van der Waals surface area contributed by atoms with Gasteiger partial charge >= 0.3 is 0 Å². The van der Waals surface area contributed by atoms with Crippen LogP contribution in [0.1, 0.15) is 40.7 Å². The number of benzene rings is 1. The van der Waals surface area contributed by atoms with E-state index in [4.69, 9.17) is 0 Å². The van der Waals surface area contributed by atoms with E-state index >= 15 is 0 Å². The van der Waals surface area contributed by atoms with Crippen molar-refractivity contribution < 1.29 is 4.79 Å². The Balaban J connectivity index is 1.77. The van der Waals surface area contributed by atoms with Gasteiger partial charge in [0.15, 0.2) is 0 Å². The molecule has 20 heavy (non-hydrogen) atoms. The molecule has 110 valence electrons. The second-order valence-corrected chi connectivity index (χ2v) is 6.21. The lowest BCUT2D eigenvalue weighted by atomic mass is 9.98. The maximum atomic E-state index is 12.1. The van der Waals surface area contributed by atoms with E-state index in [0.29, 0.717) is 0 Å². The van der Waals surface area contributed by atoms with Crippen LogP contribution in [0.5, 0.6) is 0 Å². The molecule has 1 aromatic rings. The third-order valence-electron chi connectivity index (χ3n) is 3.67. The van der Waals surface area contributed by atoms with E-state index in [1.165, 1.54) is 29.7 Å². The van der Waals surface area contributed by atoms with E-state index in [1.807, 2.05) is 23.9 Å². The fraction of sp³-hybridized carbons (Fsp3) is 0.562. The van der Waals surface area contributed by atoms with E-state index in [0.717, 1.165) is 38.0 Å². The molecule has 0 atom stereocenters. The zero-order valence-corrected chi connectivity index (χ0v) is 13.0. The van der Waals surface area contributed by atoms with Crippen molar-refractivity contribution in [3.05, 3.63) is 34.9 Å². The summed E-state index contributed by atoms with van der Waals surface area (Å²) in [6, 6.07) is 6.08. The van der Waals surface area contributed by atoms with Crippen LogP contribution >= 0.6 is 11.8 Å². The summed E-state index contributed by atoms with van der Waals surface area (Å²) in [6.45, 7) is 2.70. The molecule has 1 heterocycles. The number of hydrogen-bond acceptors (Lipinski definition) is 3. The monoisotopic (exact) mass is 292 g/mol. The van der Waals surface area contributed by atoms with Crippen molar-refractivity contribution in [1.29, 1.82) is 0 Å². The summed E-state index contributed by atoms with van der Waals surface area (Å²) in [5, 5.41) is 6.36. The summed E-state index contributed by atoms with van der Waals surface area (Å²) in [5.41, 5.74) is 3.43. The van der Waals surface area contributed by atoms with Crippen molar-refractivity contribution in [3.63, 3.8) is 0 Å². The van der Waals surface area contributed by atoms with Crippen molar-refractivity contribution in [2.75, 3.05) is 25.1 Å². The normalized spacial score (nSPS) is 13.8. The van der Waals surface area contributed by atoms with E-state index in [1.54, 1.807) is 0 Å². The molecule has 0 aliphatic carbocycles. The quantitative estimate of drug-likeness (QED) is 0.759. The van der Waals surface area contributed by atoms with Crippen molar-refractivity contribution in [2.24, 2.45) is 0 Å². The first-order valence-corrected chi connectivity index (χ1v) is 8.80. The molecule has 0 saturated heterocycles. The largest absolute Gasteiger partial charge is 0.352 e. The van der Waals surface area contributed by atoms with Crippen LogP contribution in [-0.2, 0) is 13.0 Å². The fourth-order valence-corrected chi connectivity index (χ4v) is 2.97. The number of amides is 1. The van der Waals surface area contributed by atoms with Crippen LogP contribution in [-0.4, -0.2) is 31.0 Å². The summed E-state index contributed by atoms with van der Waals surface area (Å²) in [5.74, 6) is 1.27. The Bertz CT molecular complexity index is 448. The summed E-state index contributed by atoms with van der Waals surface area (Å²) in [6.07, 6.45) is 6.69. The molecule has 2 rings (SSSR count). The van der Waals surface area contributed by atoms with E-state index in [-0.39, 0.29) is 5.91 Å². The van der Waals surface area contributed by atoms with Crippen LogP contribution in [0.3, 0.4) is 0 Å². The zero-order chi connectivity index (χ0) is 14.2. The van der Waals surface area contributed by atoms with Crippen molar-refractivity contribution in [2.45, 2.75) is 32.2 Å². The smallest absolute Gasteiger partial charge is 0.251 e. The van der Waals surface area contributed by atoms with Gasteiger partial charge in [0.1, 0.15) is 0 Å². The number of carbonyl (C=O) groups excluding carboxylic acids is 1. The van der Waals surface area contributed by atoms with Gasteiger partial charge in [0.25, 0.3) is 5.91 Å². The number of nitrogens with one attached hydrogen (secondary N) is 2. The highest BCUT2D eigenvalue weighted by Gasteiger charge is 2.11. The third kappa shape index (κ3) is 4.53. The van der Waals surface area contributed by atoms with Gasteiger partial charge in [0.05, 0.1) is 0 Å². The molecule has 4 heteroatoms. The SMILES string of the molecule is CSCCCCCNC(=O)c1ccc2c(c1)CNCC2. The third-order valence-corrected chi connectivity index (χ3v) is 4.36. The number of carbonyl (C=O) groups is 1. The van der Waals surface area contributed by atoms with Gasteiger partial charge < -0.3 is 10.6 Å². The lowest BCUT2D eigenvalue weighted by molar-refractivity contribution is 0.0953. The minimum absolute atomic E-state index is 0.0586. The number of unbranched alkanes of at least 4 members (excludes halogenated alkanes) is 2. The van der Waals surface area contributed by atoms with Gasteiger partial charge in [0.2, 0.25) is 0 Å². The molecule has 1 aliphatic rings. The number of fused-ring (bicyclic) bond motifs is 1. The summed E-state index contributed by atoms with van der Waals surface area (Å²) >= 11 is 1.88. The number of thioether (sulfide) groups is 1. The van der Waals surface area contributed by atoms with Crippen molar-refractivity contribution >= 4 is 17.7 Å². The molecule has 1 amide bonds. The minimum atomic E-state index is 0.0586. The predicted molar refractivity (Wildman–Crippen MR) is 86.4 cm³/mol. The van der Waals surface area contributed by atoms with Gasteiger partial charge in [-0.25, -0.2) is 0 Å². The van der Waals surface area contributed by atoms with E-state index in [9.17, 15) is 4.79 Å². The standard InChI is InChI=1S/C16H24N2OS/c1-20-10-4-2-3-8-18-16(19)14-6-5-13-7-9-17-12-15(13)11-14/h5-6,11,17H,2-4,7-10,12H2,1H3,(H,18,19). The molecule has 0 radical (unpaired) electrons. The Labute approximate surface area is 125 Å². The molecule has 3 nitrogen and oxygen atoms in total. The van der Waals surface area contributed by atoms with Gasteiger partial charge in [0, 0.05) is 18.7 Å². The van der Waals surface area contributed by atoms with Crippen LogP contribution in [0.4, 0.5) is 0 Å². The van der Waals surface area contributed by atoms with Gasteiger partial charge in [-0.3, -0.25) is 4.79 Å². The van der Waals surface area contributed by atoms with Gasteiger partial charge in [-0.15, -0.1) is 0 Å². The lowest BCUT2D eigenvalue weighted by Gasteiger charge is -2.17. The predicted octanol–water partition coefficient (Wildman–Crippen LogP) is 2.60. The first-order valence-electron chi connectivity index (χ1n) is 7.41. The molecule has 0 unspecified atom stereocenters. The minimum Gasteiger partial charge on any atom is -0.352 e. The molecule has 0 spiro atoms. The number of rotatable bonds is 7. The summed E-state index contributed by atoms with van der Waals surface area (Å²) in [7, 11) is 0. The Morgan fingerprint density at radius 3 is 3.05 bits per heavy atom. The first kappa shape index (κ1) is 15.4. The molecule has 1 aliphatic heterocycles. The average molecular weight is 292 g/mol. The second-order valence-electron chi connectivity index (χ2n) is 5.22. The highest BCUT2D eigenvalue weighted by atomic mass is 32.2. The second kappa shape index (κ2) is 8.32. The van der Waals surface area contributed by atoms with Crippen LogP contribution in [0.25, 0.3) is 0 Å². The van der Waals surface area contributed by atoms with Crippen LogP contribution in [0.2, 0.25) is 0 Å². The highest BCUT2D eigenvalue weighted by molar-refractivity contribution is 7.98. The van der Waals surface area contributed by atoms with Crippen LogP contribution < -0.4 is 10.6 Å². The average Bonchev–Trinajstić information content (AvgIpc) is 2.50. The van der Waals surface area contributed by atoms with E-state index in [2.05, 4.69) is 23.0 Å². The molecular weight excluding hydrogens is 268 g/mol. The first-order chi connectivity index (χ1) is 9.81. The molecule has 0 aromatic heterocycles. The number of hydrogen-bond donors (Lipinski definition) is 2. The Hall–Kier alpha value is -1.00. The van der Waals surface area contributed by atoms with Gasteiger partial charge in [-0.05, 0) is 61.1 Å². The zero-order valence-electron chi connectivity index (χ0n) is 12.2. The topological polar surface area (TPSA) is 41.1 Å². The Morgan fingerprint density at radius 1 is 1.30 bits per heavy atom. The van der Waals surface area contributed by atoms with E-state index < -0.39 is 0 Å². The molecule has 0 bridgehead atoms. The van der Waals surface area contributed by atoms with Gasteiger partial charge in [-0.2, -0.15) is 11.8 Å². The molecule has 0 fully saturated rings. The maximum absolute atomic E-state index is 12.1. The molecule has 2 N–H and O–H groups in total. The molecule has 0 saturated carbocycles. The Morgan fingerprint density at radius 2 is 2.20 bits per heavy atom. The lowest BCUT2D eigenvalue weighted by Crippen LogP contribution is -2.27. The maximum Gasteiger partial charge on any atom is 0.251 e. The fourth-order valence-electron chi connectivity index (χ4n) is 2.47. The van der Waals surface area contributed by atoms with Gasteiger partial charge in [-0.1, -0.05) is 12.5 Å². The van der Waals surface area contributed by atoms with Crippen LogP contribution in [0, 0.1) is 0 Å². The highest BCUT2D eigenvalue weighted by Crippen LogP contribution is 2.15. The molecular formula is C16H24N2OS.